The average molecular weight is 649 g/mol. The number of unbranched alkanes of at least 4 members (excludes halogenated alkanes) is 2. The first-order chi connectivity index (χ1) is 21.8. The highest BCUT2D eigenvalue weighted by atomic mass is 16.5. The lowest BCUT2D eigenvalue weighted by Crippen LogP contribution is -2.33. The molecule has 0 N–H and O–H groups in total. The SMILES string of the molecule is C=CCC(CC(CC(CC(CC(CC(CC(CC(CCCCCC(CCC)OC)OC)OC)OC)OC)OC)OC)OC)OC. The molecule has 45 heavy (non-hydrogen) atoms. The fourth-order valence-electron chi connectivity index (χ4n) is 6.21. The van der Waals surface area contributed by atoms with E-state index in [1.165, 1.54) is 19.3 Å². The van der Waals surface area contributed by atoms with Gasteiger partial charge in [-0.15, -0.1) is 6.58 Å². The molecule has 0 spiro atoms. The number of ether oxygens (including phenoxy) is 9. The van der Waals surface area contributed by atoms with Crippen LogP contribution in [0.2, 0.25) is 0 Å². The zero-order valence-electron chi connectivity index (χ0n) is 30.8. The van der Waals surface area contributed by atoms with Crippen LogP contribution in [0.15, 0.2) is 12.7 Å². The van der Waals surface area contributed by atoms with Crippen LogP contribution < -0.4 is 0 Å². The molecule has 0 aliphatic heterocycles. The molecule has 0 rings (SSSR count). The summed E-state index contributed by atoms with van der Waals surface area (Å²) in [6.45, 7) is 6.05. The second kappa shape index (κ2) is 29.5. The Labute approximate surface area is 277 Å². The van der Waals surface area contributed by atoms with Crippen molar-refractivity contribution in [3.63, 3.8) is 0 Å². The highest BCUT2D eigenvalue weighted by Gasteiger charge is 2.28. The highest BCUT2D eigenvalue weighted by molar-refractivity contribution is 4.81. The molecular weight excluding hydrogens is 576 g/mol. The first kappa shape index (κ1) is 44.4. The Hall–Kier alpha value is -0.620. The summed E-state index contributed by atoms with van der Waals surface area (Å²) in [6, 6.07) is 0. The van der Waals surface area contributed by atoms with Gasteiger partial charge in [0, 0.05) is 70.4 Å². The van der Waals surface area contributed by atoms with E-state index in [1.54, 1.807) is 56.9 Å². The minimum atomic E-state index is -0.0291. The van der Waals surface area contributed by atoms with E-state index in [4.69, 9.17) is 42.6 Å². The quantitative estimate of drug-likeness (QED) is 0.0543. The van der Waals surface area contributed by atoms with Crippen molar-refractivity contribution in [3.8, 4) is 0 Å². The number of methoxy groups -OCH3 is 9. The van der Waals surface area contributed by atoms with E-state index in [-0.39, 0.29) is 48.8 Å². The van der Waals surface area contributed by atoms with Crippen molar-refractivity contribution < 1.29 is 42.6 Å². The summed E-state index contributed by atoms with van der Waals surface area (Å²) in [5.74, 6) is 0. The van der Waals surface area contributed by atoms with Gasteiger partial charge in [-0.1, -0.05) is 38.7 Å². The van der Waals surface area contributed by atoms with E-state index in [0.717, 1.165) is 77.0 Å². The summed E-state index contributed by atoms with van der Waals surface area (Å²) in [4.78, 5) is 0. The third-order valence-corrected chi connectivity index (χ3v) is 9.27. The lowest BCUT2D eigenvalue weighted by atomic mass is 9.94. The number of hydrogen-bond donors (Lipinski definition) is 0. The molecule has 270 valence electrons. The van der Waals surface area contributed by atoms with Crippen molar-refractivity contribution in [2.45, 2.75) is 158 Å². The maximum atomic E-state index is 5.93. The molecule has 9 unspecified atom stereocenters. The largest absolute Gasteiger partial charge is 0.381 e. The normalized spacial score (nSPS) is 18.1. The van der Waals surface area contributed by atoms with Crippen LogP contribution in [0, 0.1) is 0 Å². The molecule has 9 nitrogen and oxygen atoms in total. The molecule has 0 aliphatic rings. The molecule has 9 heteroatoms. The average Bonchev–Trinajstić information content (AvgIpc) is 3.07. The lowest BCUT2D eigenvalue weighted by molar-refractivity contribution is -0.0564. The van der Waals surface area contributed by atoms with E-state index in [9.17, 15) is 0 Å². The van der Waals surface area contributed by atoms with Crippen LogP contribution in [0.3, 0.4) is 0 Å². The van der Waals surface area contributed by atoms with Gasteiger partial charge >= 0.3 is 0 Å². The van der Waals surface area contributed by atoms with Crippen molar-refractivity contribution in [2.24, 2.45) is 0 Å². The smallest absolute Gasteiger partial charge is 0.0630 e. The zero-order valence-corrected chi connectivity index (χ0v) is 30.8. The van der Waals surface area contributed by atoms with Crippen molar-refractivity contribution in [3.05, 3.63) is 12.7 Å². The maximum absolute atomic E-state index is 5.93. The highest BCUT2D eigenvalue weighted by Crippen LogP contribution is 2.25. The van der Waals surface area contributed by atoms with Gasteiger partial charge in [-0.25, -0.2) is 0 Å². The van der Waals surface area contributed by atoms with Gasteiger partial charge in [0.25, 0.3) is 0 Å². The Morgan fingerprint density at radius 2 is 0.667 bits per heavy atom. The van der Waals surface area contributed by atoms with Gasteiger partial charge in [0.2, 0.25) is 0 Å². The van der Waals surface area contributed by atoms with Crippen LogP contribution in [0.4, 0.5) is 0 Å². The fourth-order valence-corrected chi connectivity index (χ4v) is 6.21. The molecule has 0 saturated carbocycles. The van der Waals surface area contributed by atoms with Crippen LogP contribution in [0.5, 0.6) is 0 Å². The standard InChI is InChI=1S/C36H72O9/c1-12-17-28(37-3)19-15-14-16-20-30(39-5)22-32(41-7)24-34(43-9)26-36(45-11)27-35(44-10)25-33(42-8)23-31(40-6)21-29(38-4)18-13-2/h13,28-36H,2,12,14-27H2,1,3-11H3. The number of rotatable bonds is 33. The van der Waals surface area contributed by atoms with Crippen molar-refractivity contribution in [1.29, 1.82) is 0 Å². The molecular formula is C36H72O9. The van der Waals surface area contributed by atoms with E-state index in [1.807, 2.05) is 13.2 Å². The first-order valence-corrected chi connectivity index (χ1v) is 17.2. The molecule has 9 atom stereocenters. The molecule has 0 heterocycles. The molecule has 0 radical (unpaired) electrons. The van der Waals surface area contributed by atoms with Crippen LogP contribution in [-0.4, -0.2) is 119 Å². The van der Waals surface area contributed by atoms with E-state index in [0.29, 0.717) is 6.10 Å². The van der Waals surface area contributed by atoms with Crippen LogP contribution in [0.25, 0.3) is 0 Å². The minimum Gasteiger partial charge on any atom is -0.381 e. The van der Waals surface area contributed by atoms with Gasteiger partial charge in [0.1, 0.15) is 0 Å². The van der Waals surface area contributed by atoms with Crippen molar-refractivity contribution in [1.82, 2.24) is 0 Å². The van der Waals surface area contributed by atoms with E-state index in [2.05, 4.69) is 13.5 Å². The summed E-state index contributed by atoms with van der Waals surface area (Å²) in [6.07, 6.45) is 16.6. The Bertz CT molecular complexity index is 652. The van der Waals surface area contributed by atoms with Crippen molar-refractivity contribution >= 4 is 0 Å². The van der Waals surface area contributed by atoms with Gasteiger partial charge in [0.05, 0.1) is 54.9 Å². The molecule has 0 saturated heterocycles. The predicted molar refractivity (Wildman–Crippen MR) is 182 cm³/mol. The molecule has 0 aromatic rings. The third kappa shape index (κ3) is 21.1. The van der Waals surface area contributed by atoms with Gasteiger partial charge in [0.15, 0.2) is 0 Å². The van der Waals surface area contributed by atoms with Gasteiger partial charge in [-0.2, -0.15) is 0 Å². The fraction of sp³-hybridized carbons (Fsp3) is 0.944. The Morgan fingerprint density at radius 1 is 0.378 bits per heavy atom. The minimum absolute atomic E-state index is 0.00798. The maximum Gasteiger partial charge on any atom is 0.0630 e. The monoisotopic (exact) mass is 649 g/mol. The molecule has 0 aliphatic carbocycles. The van der Waals surface area contributed by atoms with Gasteiger partial charge in [-0.3, -0.25) is 0 Å². The lowest BCUT2D eigenvalue weighted by Gasteiger charge is -2.30. The molecule has 0 fully saturated rings. The van der Waals surface area contributed by atoms with E-state index < -0.39 is 0 Å². The van der Waals surface area contributed by atoms with Gasteiger partial charge < -0.3 is 42.6 Å². The molecule has 0 aromatic carbocycles. The number of hydrogen-bond acceptors (Lipinski definition) is 9. The van der Waals surface area contributed by atoms with E-state index >= 15 is 0 Å². The second-order valence-electron chi connectivity index (χ2n) is 12.3. The summed E-state index contributed by atoms with van der Waals surface area (Å²) in [5, 5.41) is 0. The molecule has 0 amide bonds. The Morgan fingerprint density at radius 3 is 0.956 bits per heavy atom. The Kier molecular flexibility index (Phi) is 29.1. The first-order valence-electron chi connectivity index (χ1n) is 17.2. The Balaban J connectivity index is 4.95. The van der Waals surface area contributed by atoms with Crippen LogP contribution in [0.1, 0.15) is 103 Å². The predicted octanol–water partition coefficient (Wildman–Crippen LogP) is 7.18. The molecule has 0 bridgehead atoms. The van der Waals surface area contributed by atoms with Gasteiger partial charge in [-0.05, 0) is 64.2 Å². The summed E-state index contributed by atoms with van der Waals surface area (Å²) >= 11 is 0. The zero-order chi connectivity index (χ0) is 33.9. The summed E-state index contributed by atoms with van der Waals surface area (Å²) < 4.78 is 52.4. The van der Waals surface area contributed by atoms with Crippen molar-refractivity contribution in [2.75, 3.05) is 64.0 Å². The third-order valence-electron chi connectivity index (χ3n) is 9.27. The summed E-state index contributed by atoms with van der Waals surface area (Å²) in [7, 11) is 15.9. The van der Waals surface area contributed by atoms with Crippen LogP contribution >= 0.6 is 0 Å². The second-order valence-corrected chi connectivity index (χ2v) is 12.3. The van der Waals surface area contributed by atoms with Crippen LogP contribution in [-0.2, 0) is 42.6 Å². The topological polar surface area (TPSA) is 83.1 Å². The summed E-state index contributed by atoms with van der Waals surface area (Å²) in [5.41, 5.74) is 0. The molecule has 0 aromatic heterocycles.